The lowest BCUT2D eigenvalue weighted by Gasteiger charge is -2.13. The third kappa shape index (κ3) is 5.12. The van der Waals surface area contributed by atoms with Crippen LogP contribution in [0.3, 0.4) is 0 Å². The maximum absolute atomic E-state index is 12.7. The fourth-order valence-corrected chi connectivity index (χ4v) is 4.48. The number of H-pyrrole nitrogens is 1. The summed E-state index contributed by atoms with van der Waals surface area (Å²) in [5, 5.41) is 5.11. The molecule has 2 heterocycles. The highest BCUT2D eigenvalue weighted by atomic mass is 32.1. The van der Waals surface area contributed by atoms with E-state index in [1.165, 1.54) is 23.5 Å². The van der Waals surface area contributed by atoms with E-state index >= 15 is 0 Å². The zero-order valence-electron chi connectivity index (χ0n) is 17.4. The van der Waals surface area contributed by atoms with Gasteiger partial charge in [0.25, 0.3) is 0 Å². The second-order valence-corrected chi connectivity index (χ2v) is 8.55. The molecule has 0 amide bonds. The number of aromatic nitrogens is 2. The molecule has 0 spiro atoms. The normalized spacial score (nSPS) is 12.9. The third-order valence-electron chi connectivity index (χ3n) is 5.09. The zero-order valence-corrected chi connectivity index (χ0v) is 18.2. The highest BCUT2D eigenvalue weighted by molar-refractivity contribution is 7.19. The Kier molecular flexibility index (Phi) is 6.50. The molecule has 0 saturated carbocycles. The first-order chi connectivity index (χ1) is 15.3. The van der Waals surface area contributed by atoms with Crippen molar-refractivity contribution < 1.29 is 17.9 Å². The van der Waals surface area contributed by atoms with Gasteiger partial charge in [0.05, 0.1) is 22.7 Å². The Morgan fingerprint density at radius 2 is 1.94 bits per heavy atom. The standard InChI is InChI=1S/C23H23F3N4OS/c1-31-13-20-21(16-4-7-19-15(11-16)8-9-28-19)32-22(30-20)29-12-18(27)10-14-2-5-17(6-3-14)23(24,25)26/h2-9,11,18,28H,10,12-13,27H2,1H3,(H,29,30)/t18-/m0/s1. The Balaban J connectivity index is 1.43. The maximum atomic E-state index is 12.7. The molecule has 9 heteroatoms. The van der Waals surface area contributed by atoms with Crippen LogP contribution in [-0.2, 0) is 23.9 Å². The summed E-state index contributed by atoms with van der Waals surface area (Å²) in [5.41, 5.74) is 9.27. The van der Waals surface area contributed by atoms with Crippen LogP contribution in [0.4, 0.5) is 18.3 Å². The van der Waals surface area contributed by atoms with Crippen molar-refractivity contribution in [1.29, 1.82) is 0 Å². The number of benzene rings is 2. The van der Waals surface area contributed by atoms with Crippen LogP contribution in [0, 0.1) is 0 Å². The molecular weight excluding hydrogens is 437 g/mol. The molecule has 4 N–H and O–H groups in total. The number of thiazole rings is 1. The lowest BCUT2D eigenvalue weighted by atomic mass is 10.0. The quantitative estimate of drug-likeness (QED) is 0.327. The summed E-state index contributed by atoms with van der Waals surface area (Å²) in [7, 11) is 1.63. The molecule has 0 bridgehead atoms. The molecule has 2 aromatic heterocycles. The van der Waals surface area contributed by atoms with Crippen molar-refractivity contribution in [2.45, 2.75) is 25.2 Å². The van der Waals surface area contributed by atoms with Crippen molar-refractivity contribution >= 4 is 27.4 Å². The van der Waals surface area contributed by atoms with E-state index in [4.69, 9.17) is 10.5 Å². The van der Waals surface area contributed by atoms with Crippen LogP contribution < -0.4 is 11.1 Å². The van der Waals surface area contributed by atoms with Crippen LogP contribution in [0.15, 0.2) is 54.7 Å². The number of hydrogen-bond donors (Lipinski definition) is 3. The Hall–Kier alpha value is -2.88. The molecule has 4 rings (SSSR count). The summed E-state index contributed by atoms with van der Waals surface area (Å²) < 4.78 is 43.5. The minimum atomic E-state index is -4.34. The van der Waals surface area contributed by atoms with Gasteiger partial charge in [-0.1, -0.05) is 29.5 Å². The number of nitrogens with one attached hydrogen (secondary N) is 2. The number of halogens is 3. The Morgan fingerprint density at radius 1 is 1.16 bits per heavy atom. The van der Waals surface area contributed by atoms with Gasteiger partial charge in [0.15, 0.2) is 5.13 Å². The minimum Gasteiger partial charge on any atom is -0.378 e. The summed E-state index contributed by atoms with van der Waals surface area (Å²) in [6.07, 6.45) is -1.98. The fourth-order valence-electron chi connectivity index (χ4n) is 3.51. The van der Waals surface area contributed by atoms with Crippen LogP contribution in [0.1, 0.15) is 16.8 Å². The SMILES string of the molecule is COCc1nc(NC[C@@H](N)Cc2ccc(C(F)(F)F)cc2)sc1-c1ccc2[nH]ccc2c1. The largest absolute Gasteiger partial charge is 0.416 e. The lowest BCUT2D eigenvalue weighted by Crippen LogP contribution is -2.31. The molecule has 0 unspecified atom stereocenters. The van der Waals surface area contributed by atoms with Crippen molar-refractivity contribution in [2.24, 2.45) is 5.73 Å². The molecule has 0 aliphatic carbocycles. The van der Waals surface area contributed by atoms with E-state index in [-0.39, 0.29) is 6.04 Å². The second-order valence-electron chi connectivity index (χ2n) is 7.55. The number of ether oxygens (including phenoxy) is 1. The molecule has 0 radical (unpaired) electrons. The maximum Gasteiger partial charge on any atom is 0.416 e. The monoisotopic (exact) mass is 460 g/mol. The van der Waals surface area contributed by atoms with E-state index in [1.807, 2.05) is 24.4 Å². The molecule has 4 aromatic rings. The van der Waals surface area contributed by atoms with E-state index in [1.54, 1.807) is 7.11 Å². The molecule has 32 heavy (non-hydrogen) atoms. The van der Waals surface area contributed by atoms with Gasteiger partial charge in [-0.25, -0.2) is 4.98 Å². The van der Waals surface area contributed by atoms with Crippen LogP contribution in [-0.4, -0.2) is 29.7 Å². The van der Waals surface area contributed by atoms with Gasteiger partial charge in [0.1, 0.15) is 0 Å². The summed E-state index contributed by atoms with van der Waals surface area (Å²) in [4.78, 5) is 8.87. The summed E-state index contributed by atoms with van der Waals surface area (Å²) in [6.45, 7) is 0.827. The van der Waals surface area contributed by atoms with Gasteiger partial charge in [-0.2, -0.15) is 13.2 Å². The first kappa shape index (κ1) is 22.3. The first-order valence-electron chi connectivity index (χ1n) is 10.0. The Bertz CT molecular complexity index is 1180. The lowest BCUT2D eigenvalue weighted by molar-refractivity contribution is -0.137. The van der Waals surface area contributed by atoms with Gasteiger partial charge < -0.3 is 20.8 Å². The number of nitrogens with zero attached hydrogens (tertiary/aromatic N) is 1. The van der Waals surface area contributed by atoms with E-state index in [0.717, 1.165) is 49.9 Å². The molecule has 0 saturated heterocycles. The van der Waals surface area contributed by atoms with Crippen molar-refractivity contribution in [2.75, 3.05) is 19.0 Å². The van der Waals surface area contributed by atoms with E-state index < -0.39 is 11.7 Å². The summed E-state index contributed by atoms with van der Waals surface area (Å²) in [6, 6.07) is 13.0. The van der Waals surface area contributed by atoms with Gasteiger partial charge in [-0.15, -0.1) is 0 Å². The smallest absolute Gasteiger partial charge is 0.378 e. The van der Waals surface area contributed by atoms with Crippen LogP contribution >= 0.6 is 11.3 Å². The molecule has 0 aliphatic heterocycles. The molecule has 5 nitrogen and oxygen atoms in total. The third-order valence-corrected chi connectivity index (χ3v) is 6.19. The number of alkyl halides is 3. The van der Waals surface area contributed by atoms with Crippen molar-refractivity contribution in [1.82, 2.24) is 9.97 Å². The summed E-state index contributed by atoms with van der Waals surface area (Å²) in [5.74, 6) is 0. The number of rotatable bonds is 8. The topological polar surface area (TPSA) is 76.0 Å². The van der Waals surface area contributed by atoms with Gasteiger partial charge in [-0.3, -0.25) is 0 Å². The van der Waals surface area contributed by atoms with Gasteiger partial charge in [0, 0.05) is 31.4 Å². The Labute approximate surface area is 187 Å². The molecular formula is C23H23F3N4OS. The van der Waals surface area contributed by atoms with E-state index in [2.05, 4.69) is 21.4 Å². The Morgan fingerprint density at radius 3 is 2.66 bits per heavy atom. The zero-order chi connectivity index (χ0) is 22.7. The highest BCUT2D eigenvalue weighted by Gasteiger charge is 2.29. The number of anilines is 1. The fraction of sp³-hybridized carbons (Fsp3) is 0.261. The van der Waals surface area contributed by atoms with Crippen molar-refractivity contribution in [3.05, 3.63) is 71.5 Å². The molecule has 168 valence electrons. The van der Waals surface area contributed by atoms with Crippen LogP contribution in [0.25, 0.3) is 21.3 Å². The van der Waals surface area contributed by atoms with E-state index in [9.17, 15) is 13.2 Å². The van der Waals surface area contributed by atoms with Crippen LogP contribution in [0.5, 0.6) is 0 Å². The van der Waals surface area contributed by atoms with Gasteiger partial charge in [-0.05, 0) is 53.3 Å². The van der Waals surface area contributed by atoms with E-state index in [0.29, 0.717) is 19.6 Å². The average Bonchev–Trinajstić information content (AvgIpc) is 3.38. The summed E-state index contributed by atoms with van der Waals surface area (Å²) >= 11 is 1.52. The first-order valence-corrected chi connectivity index (χ1v) is 10.9. The number of hydrogen-bond acceptors (Lipinski definition) is 5. The van der Waals surface area contributed by atoms with Crippen molar-refractivity contribution in [3.63, 3.8) is 0 Å². The number of nitrogens with two attached hydrogens (primary N) is 1. The molecule has 2 aromatic carbocycles. The predicted octanol–water partition coefficient (Wildman–Crippen LogP) is 5.44. The number of fused-ring (bicyclic) bond motifs is 1. The molecule has 1 atom stereocenters. The number of methoxy groups -OCH3 is 1. The van der Waals surface area contributed by atoms with Crippen LogP contribution in [0.2, 0.25) is 0 Å². The molecule has 0 aliphatic rings. The predicted molar refractivity (Wildman–Crippen MR) is 122 cm³/mol. The molecule has 0 fully saturated rings. The van der Waals surface area contributed by atoms with Gasteiger partial charge >= 0.3 is 6.18 Å². The number of aromatic amines is 1. The van der Waals surface area contributed by atoms with Gasteiger partial charge in [0.2, 0.25) is 0 Å². The highest BCUT2D eigenvalue weighted by Crippen LogP contribution is 2.35. The second kappa shape index (κ2) is 9.32. The minimum absolute atomic E-state index is 0.277. The average molecular weight is 461 g/mol. The van der Waals surface area contributed by atoms with Crippen molar-refractivity contribution in [3.8, 4) is 10.4 Å².